The summed E-state index contributed by atoms with van der Waals surface area (Å²) in [5.41, 5.74) is 8.17. The van der Waals surface area contributed by atoms with E-state index in [9.17, 15) is 4.79 Å². The minimum absolute atomic E-state index is 0.0345. The van der Waals surface area contributed by atoms with Crippen LogP contribution >= 0.6 is 11.3 Å². The summed E-state index contributed by atoms with van der Waals surface area (Å²) < 4.78 is 5.65. The van der Waals surface area contributed by atoms with Gasteiger partial charge in [-0.2, -0.15) is 0 Å². The topological polar surface area (TPSA) is 65.2 Å². The van der Waals surface area contributed by atoms with Crippen LogP contribution in [-0.4, -0.2) is 17.1 Å². The van der Waals surface area contributed by atoms with Crippen molar-refractivity contribution in [1.82, 2.24) is 4.98 Å². The number of hydrogen-bond acceptors (Lipinski definition) is 5. The summed E-state index contributed by atoms with van der Waals surface area (Å²) in [5.74, 6) is -0.306. The highest BCUT2D eigenvalue weighted by molar-refractivity contribution is 7.14. The Morgan fingerprint density at radius 3 is 2.86 bits per heavy atom. The van der Waals surface area contributed by atoms with E-state index >= 15 is 0 Å². The summed E-state index contributed by atoms with van der Waals surface area (Å²) >= 11 is 1.37. The zero-order valence-electron chi connectivity index (χ0n) is 11.7. The molecule has 0 saturated heterocycles. The second-order valence-electron chi connectivity index (χ2n) is 5.30. The van der Waals surface area contributed by atoms with Gasteiger partial charge in [-0.3, -0.25) is 4.98 Å². The Morgan fingerprint density at radius 2 is 2.14 bits per heavy atom. The van der Waals surface area contributed by atoms with Crippen molar-refractivity contribution in [2.24, 2.45) is 0 Å². The molecule has 1 fully saturated rings. The average molecular weight is 302 g/mol. The highest BCUT2D eigenvalue weighted by Crippen LogP contribution is 2.34. The van der Waals surface area contributed by atoms with Crippen molar-refractivity contribution in [1.29, 1.82) is 0 Å². The second-order valence-corrected chi connectivity index (χ2v) is 6.21. The van der Waals surface area contributed by atoms with Gasteiger partial charge in [-0.25, -0.2) is 4.79 Å². The molecule has 21 heavy (non-hydrogen) atoms. The third-order valence-corrected chi connectivity index (χ3v) is 4.63. The lowest BCUT2D eigenvalue weighted by molar-refractivity contribution is 0.0214. The molecule has 3 rings (SSSR count). The Balaban J connectivity index is 1.84. The molecule has 0 unspecified atom stereocenters. The number of aromatic nitrogens is 1. The zero-order chi connectivity index (χ0) is 14.7. The Kier molecular flexibility index (Phi) is 4.20. The van der Waals surface area contributed by atoms with Gasteiger partial charge in [0.25, 0.3) is 0 Å². The van der Waals surface area contributed by atoms with Gasteiger partial charge in [0.1, 0.15) is 16.7 Å². The molecule has 5 heteroatoms. The molecule has 1 saturated carbocycles. The lowest BCUT2D eigenvalue weighted by Gasteiger charge is -2.22. The van der Waals surface area contributed by atoms with Gasteiger partial charge in [0.2, 0.25) is 0 Å². The summed E-state index contributed by atoms with van der Waals surface area (Å²) in [6.45, 7) is 0. The molecular formula is C16H18N2O2S. The average Bonchev–Trinajstić information content (AvgIpc) is 2.91. The summed E-state index contributed by atoms with van der Waals surface area (Å²) in [6.07, 6.45) is 8.88. The third kappa shape index (κ3) is 3.08. The molecule has 0 radical (unpaired) electrons. The first kappa shape index (κ1) is 14.1. The maximum absolute atomic E-state index is 12.5. The Morgan fingerprint density at radius 1 is 1.33 bits per heavy atom. The first-order valence-corrected chi connectivity index (χ1v) is 8.12. The molecule has 1 aliphatic carbocycles. The van der Waals surface area contributed by atoms with Crippen molar-refractivity contribution < 1.29 is 9.53 Å². The number of esters is 1. The summed E-state index contributed by atoms with van der Waals surface area (Å²) in [5, 5.41) is 2.40. The molecule has 0 aliphatic heterocycles. The predicted octanol–water partition coefficient (Wildman–Crippen LogP) is 3.88. The fourth-order valence-electron chi connectivity index (χ4n) is 2.71. The number of nitrogens with zero attached hydrogens (tertiary/aromatic N) is 1. The van der Waals surface area contributed by atoms with Gasteiger partial charge in [0.05, 0.1) is 0 Å². The van der Waals surface area contributed by atoms with E-state index in [4.69, 9.17) is 10.5 Å². The SMILES string of the molecule is Nc1scc(-c2cccnc2)c1C(=O)OC1CCCCC1. The number of anilines is 1. The standard InChI is InChI=1S/C16H18N2O2S/c17-15-14(16(19)20-12-6-2-1-3-7-12)13(10-21-15)11-5-4-8-18-9-11/h4-5,8-10,12H,1-3,6-7,17H2. The molecule has 0 spiro atoms. The van der Waals surface area contributed by atoms with Crippen LogP contribution in [0, 0.1) is 0 Å². The van der Waals surface area contributed by atoms with Gasteiger partial charge in [0.15, 0.2) is 0 Å². The highest BCUT2D eigenvalue weighted by atomic mass is 32.1. The van der Waals surface area contributed by atoms with Crippen LogP contribution in [0.1, 0.15) is 42.5 Å². The molecule has 2 aromatic rings. The van der Waals surface area contributed by atoms with Crippen molar-refractivity contribution in [3.05, 3.63) is 35.5 Å². The van der Waals surface area contributed by atoms with E-state index in [0.717, 1.165) is 36.8 Å². The van der Waals surface area contributed by atoms with E-state index in [1.54, 1.807) is 12.4 Å². The number of rotatable bonds is 3. The van der Waals surface area contributed by atoms with Crippen molar-refractivity contribution >= 4 is 22.3 Å². The summed E-state index contributed by atoms with van der Waals surface area (Å²) in [4.78, 5) is 16.6. The molecule has 110 valence electrons. The number of nitrogen functional groups attached to an aromatic ring is 1. The largest absolute Gasteiger partial charge is 0.459 e. The van der Waals surface area contributed by atoms with Crippen LogP contribution in [0.3, 0.4) is 0 Å². The maximum Gasteiger partial charge on any atom is 0.342 e. The number of ether oxygens (including phenoxy) is 1. The molecule has 2 heterocycles. The van der Waals surface area contributed by atoms with Crippen molar-refractivity contribution in [3.63, 3.8) is 0 Å². The maximum atomic E-state index is 12.5. The van der Waals surface area contributed by atoms with Crippen LogP contribution in [-0.2, 0) is 4.74 Å². The van der Waals surface area contributed by atoms with E-state index < -0.39 is 0 Å². The van der Waals surface area contributed by atoms with Gasteiger partial charge >= 0.3 is 5.97 Å². The first-order valence-electron chi connectivity index (χ1n) is 7.24. The zero-order valence-corrected chi connectivity index (χ0v) is 12.6. The summed E-state index contributed by atoms with van der Waals surface area (Å²) in [7, 11) is 0. The fraction of sp³-hybridized carbons (Fsp3) is 0.375. The van der Waals surface area contributed by atoms with Crippen LogP contribution < -0.4 is 5.73 Å². The third-order valence-electron chi connectivity index (χ3n) is 3.82. The van der Waals surface area contributed by atoms with Crippen molar-refractivity contribution in [2.75, 3.05) is 5.73 Å². The Labute approximate surface area is 128 Å². The quantitative estimate of drug-likeness (QED) is 0.874. The fourth-order valence-corrected chi connectivity index (χ4v) is 3.52. The van der Waals surface area contributed by atoms with Crippen molar-refractivity contribution in [2.45, 2.75) is 38.2 Å². The minimum Gasteiger partial charge on any atom is -0.459 e. The lowest BCUT2D eigenvalue weighted by atomic mass is 9.97. The predicted molar refractivity (Wildman–Crippen MR) is 84.3 cm³/mol. The molecular weight excluding hydrogens is 284 g/mol. The number of pyridine rings is 1. The smallest absolute Gasteiger partial charge is 0.342 e. The normalized spacial score (nSPS) is 15.8. The van der Waals surface area contributed by atoms with Gasteiger partial charge in [-0.15, -0.1) is 11.3 Å². The van der Waals surface area contributed by atoms with E-state index in [2.05, 4.69) is 4.98 Å². The monoisotopic (exact) mass is 302 g/mol. The van der Waals surface area contributed by atoms with E-state index in [-0.39, 0.29) is 12.1 Å². The molecule has 1 aliphatic rings. The number of thiophene rings is 1. The summed E-state index contributed by atoms with van der Waals surface area (Å²) in [6, 6.07) is 3.77. The van der Waals surface area contributed by atoms with Gasteiger partial charge in [0, 0.05) is 28.9 Å². The highest BCUT2D eigenvalue weighted by Gasteiger charge is 2.24. The number of carbonyl (C=O) groups excluding carboxylic acids is 1. The van der Waals surface area contributed by atoms with Crippen molar-refractivity contribution in [3.8, 4) is 11.1 Å². The molecule has 0 bridgehead atoms. The Bertz CT molecular complexity index is 618. The molecule has 4 nitrogen and oxygen atoms in total. The van der Waals surface area contributed by atoms with E-state index in [0.29, 0.717) is 10.6 Å². The van der Waals surface area contributed by atoms with Crippen LogP contribution in [0.15, 0.2) is 29.9 Å². The molecule has 0 amide bonds. The number of hydrogen-bond donors (Lipinski definition) is 1. The Hall–Kier alpha value is -1.88. The number of nitrogens with two attached hydrogens (primary N) is 1. The first-order chi connectivity index (χ1) is 10.3. The minimum atomic E-state index is -0.306. The van der Waals surface area contributed by atoms with Crippen LogP contribution in [0.4, 0.5) is 5.00 Å². The molecule has 0 aromatic carbocycles. The number of carbonyl (C=O) groups is 1. The molecule has 0 atom stereocenters. The lowest BCUT2D eigenvalue weighted by Crippen LogP contribution is -2.21. The van der Waals surface area contributed by atoms with E-state index in [1.807, 2.05) is 17.5 Å². The van der Waals surface area contributed by atoms with Crippen LogP contribution in [0.25, 0.3) is 11.1 Å². The van der Waals surface area contributed by atoms with Gasteiger partial charge in [-0.1, -0.05) is 12.5 Å². The van der Waals surface area contributed by atoms with Gasteiger partial charge < -0.3 is 10.5 Å². The van der Waals surface area contributed by atoms with Crippen LogP contribution in [0.5, 0.6) is 0 Å². The van der Waals surface area contributed by atoms with Crippen LogP contribution in [0.2, 0.25) is 0 Å². The van der Waals surface area contributed by atoms with E-state index in [1.165, 1.54) is 17.8 Å². The molecule has 2 aromatic heterocycles. The van der Waals surface area contributed by atoms with Gasteiger partial charge in [-0.05, 0) is 31.7 Å². The second kappa shape index (κ2) is 6.26. The molecule has 2 N–H and O–H groups in total.